The summed E-state index contributed by atoms with van der Waals surface area (Å²) < 4.78 is 30.6. The van der Waals surface area contributed by atoms with Crippen LogP contribution in [0.2, 0.25) is 0 Å². The first-order chi connectivity index (χ1) is 31.2. The van der Waals surface area contributed by atoms with Crippen molar-refractivity contribution in [2.24, 2.45) is 0 Å². The predicted molar refractivity (Wildman–Crippen MR) is 224 cm³/mol. The van der Waals surface area contributed by atoms with Crippen LogP contribution in [0.5, 0.6) is 0 Å². The lowest BCUT2D eigenvalue weighted by Gasteiger charge is -2.42. The summed E-state index contributed by atoms with van der Waals surface area (Å²) in [5.74, 6) is -3.99. The second kappa shape index (κ2) is 21.9. The molecule has 8 rings (SSSR count). The molecule has 0 saturated heterocycles. The maximum absolute atomic E-state index is 15.3. The van der Waals surface area contributed by atoms with Crippen molar-refractivity contribution in [2.45, 2.75) is 24.9 Å². The number of anilines is 2. The fourth-order valence-corrected chi connectivity index (χ4v) is 7.36. The lowest BCUT2D eigenvalue weighted by Crippen LogP contribution is -2.38. The third kappa shape index (κ3) is 12.7. The van der Waals surface area contributed by atoms with Gasteiger partial charge in [-0.3, -0.25) is 9.80 Å². The molecule has 0 fully saturated rings. The maximum atomic E-state index is 15.3. The first-order valence-corrected chi connectivity index (χ1v) is 18.3. The number of fused-ring (bicyclic) bond motifs is 4. The summed E-state index contributed by atoms with van der Waals surface area (Å²) >= 11 is 0. The number of rotatable bonds is 7. The van der Waals surface area contributed by atoms with Gasteiger partial charge < -0.3 is 51.3 Å². The van der Waals surface area contributed by atoms with E-state index in [1.807, 2.05) is 48.5 Å². The minimum atomic E-state index is -1.75. The highest BCUT2D eigenvalue weighted by atomic mass is 19.1. The lowest BCUT2D eigenvalue weighted by atomic mass is 9.66. The molecule has 0 saturated carbocycles. The average molecular weight is 913 g/mol. The van der Waals surface area contributed by atoms with Crippen LogP contribution in [0.1, 0.15) is 54.8 Å². The van der Waals surface area contributed by atoms with Crippen molar-refractivity contribution in [3.05, 3.63) is 252 Å². The fourth-order valence-electron chi connectivity index (χ4n) is 7.36. The summed E-state index contributed by atoms with van der Waals surface area (Å²) in [6.07, 6.45) is 12.3. The Kier molecular flexibility index (Phi) is 16.3. The summed E-state index contributed by atoms with van der Waals surface area (Å²) in [5.41, 5.74) is 8.44. The van der Waals surface area contributed by atoms with Gasteiger partial charge in [0.25, 0.3) is 21.8 Å². The molecule has 22 nitrogen and oxygen atoms in total. The van der Waals surface area contributed by atoms with E-state index in [1.165, 1.54) is 12.2 Å². The van der Waals surface area contributed by atoms with Crippen molar-refractivity contribution < 1.29 is 59.3 Å². The summed E-state index contributed by atoms with van der Waals surface area (Å²) in [6.45, 7) is 0.784. The van der Waals surface area contributed by atoms with Gasteiger partial charge in [0, 0.05) is 0 Å². The predicted octanol–water partition coefficient (Wildman–Crippen LogP) is 7.78. The van der Waals surface area contributed by atoms with Crippen molar-refractivity contribution in [3.63, 3.8) is 0 Å². The van der Waals surface area contributed by atoms with Gasteiger partial charge >= 0.3 is 11.9 Å². The molecule has 2 aliphatic heterocycles. The smallest absolute Gasteiger partial charge is 0.335 e. The molecule has 0 bridgehead atoms. The quantitative estimate of drug-likeness (QED) is 0.0780. The van der Waals surface area contributed by atoms with Crippen LogP contribution < -0.4 is 9.80 Å². The van der Waals surface area contributed by atoms with Crippen LogP contribution in [0.15, 0.2) is 156 Å². The number of hydrogen-bond donors (Lipinski definition) is 4. The highest BCUT2D eigenvalue weighted by molar-refractivity contribution is 5.88. The van der Waals surface area contributed by atoms with Gasteiger partial charge in [0.1, 0.15) is 0 Å². The standard InChI is InChI=1S/C42H26F2N2O4.2HNO3.2NO3/c43-29-17-19-37-33(21-29)39(31-5-1-3-7-35(31)45(37)23-25-9-13-27(14-10-25)41(47)48)40-32-6-2-4-8-36(32)46(38-20-18-30(44)22-34(38)40)24-26-11-15-28(16-12-26)42(49)50;4*2-1(3)4/h1-20,39-40H,23-24H2;2*(H,2,3,4);;/q;;;2*-1/p+2. The monoisotopic (exact) mass is 912 g/mol. The number of benzene rings is 4. The Hall–Kier alpha value is -9.66. The molecule has 0 radical (unpaired) electrons. The van der Waals surface area contributed by atoms with Crippen LogP contribution in [0.4, 0.5) is 20.2 Å². The molecule has 2 heterocycles. The number of allylic oxidation sites excluding steroid dienone is 10. The minimum Gasteiger partial charge on any atom is -0.478 e. The SMILES string of the molecule is O=C(O)c1ccc(CN2C3=CC=C(F)[C+]=C3C(C3C4=[C+]C(F)=CC=C4N(Cc4ccc(C(=O)O)cc4)c4ccccc43)c3ccccc32)cc1.O=[N+]([O-])O.O=[N+]([O-])O.O=[N+]([O-])[O-].O=[N+]([O-])[O-]. The Labute approximate surface area is 368 Å². The number of para-hydroxylation sites is 2. The molecule has 66 heavy (non-hydrogen) atoms. The van der Waals surface area contributed by atoms with Gasteiger partial charge in [-0.2, -0.15) is 8.78 Å². The summed E-state index contributed by atoms with van der Waals surface area (Å²) in [4.78, 5) is 60.4. The zero-order chi connectivity index (χ0) is 48.8. The number of halogens is 2. The number of hydrogen-bond acceptors (Lipinski definition) is 14. The van der Waals surface area contributed by atoms with E-state index in [1.54, 1.807) is 60.7 Å². The topological polar surface area (TPSA) is 340 Å². The Morgan fingerprint density at radius 1 is 0.530 bits per heavy atom. The maximum Gasteiger partial charge on any atom is 0.335 e. The van der Waals surface area contributed by atoms with Gasteiger partial charge in [-0.25, -0.2) is 9.59 Å². The molecule has 4 aromatic rings. The number of nitrogens with zero attached hydrogens (tertiary/aromatic N) is 6. The van der Waals surface area contributed by atoms with Crippen molar-refractivity contribution >= 4 is 23.3 Å². The Bertz CT molecular complexity index is 2490. The van der Waals surface area contributed by atoms with E-state index in [0.29, 0.717) is 24.2 Å². The first kappa shape index (κ1) is 49.0. The summed E-state index contributed by atoms with van der Waals surface area (Å²) in [5, 5.41) is 75.6. The number of carboxylic acids is 2. The van der Waals surface area contributed by atoms with E-state index < -0.39 is 55.8 Å². The van der Waals surface area contributed by atoms with Crippen LogP contribution in [0.3, 0.4) is 0 Å². The van der Waals surface area contributed by atoms with E-state index in [9.17, 15) is 19.8 Å². The van der Waals surface area contributed by atoms with Crippen molar-refractivity contribution in [3.8, 4) is 0 Å². The van der Waals surface area contributed by atoms with Gasteiger partial charge in [0.05, 0.1) is 94.1 Å². The van der Waals surface area contributed by atoms with E-state index in [2.05, 4.69) is 22.0 Å². The Morgan fingerprint density at radius 2 is 0.818 bits per heavy atom. The third-order valence-electron chi connectivity index (χ3n) is 9.58. The molecule has 0 spiro atoms. The molecule has 338 valence electrons. The van der Waals surface area contributed by atoms with Crippen LogP contribution in [0, 0.1) is 63.0 Å². The zero-order valence-corrected chi connectivity index (χ0v) is 33.2. The fraction of sp³-hybridized carbons (Fsp3) is 0.0952. The van der Waals surface area contributed by atoms with Crippen LogP contribution in [0.25, 0.3) is 0 Å². The van der Waals surface area contributed by atoms with Crippen molar-refractivity contribution in [2.75, 3.05) is 9.80 Å². The normalized spacial score (nSPS) is 15.5. The molecule has 2 aliphatic carbocycles. The molecule has 2 atom stereocenters. The number of carbonyl (C=O) groups is 2. The largest absolute Gasteiger partial charge is 0.478 e. The second-order valence-electron chi connectivity index (χ2n) is 13.4. The van der Waals surface area contributed by atoms with Crippen LogP contribution >= 0.6 is 0 Å². The molecule has 2 unspecified atom stereocenters. The molecular formula is C42H30F2N6O16. The van der Waals surface area contributed by atoms with E-state index in [4.69, 9.17) is 61.3 Å². The van der Waals surface area contributed by atoms with Crippen molar-refractivity contribution in [1.82, 2.24) is 0 Å². The molecular weight excluding hydrogens is 882 g/mol. The highest BCUT2D eigenvalue weighted by Gasteiger charge is 2.51. The van der Waals surface area contributed by atoms with E-state index in [-0.39, 0.29) is 11.1 Å². The molecule has 4 aliphatic rings. The number of carboxylic acid groups (broad SMARTS) is 2. The van der Waals surface area contributed by atoms with Gasteiger partial charge in [-0.05, 0) is 58.7 Å². The molecule has 4 N–H and O–H groups in total. The Balaban J connectivity index is 0.000000518. The first-order valence-electron chi connectivity index (χ1n) is 18.3. The van der Waals surface area contributed by atoms with Gasteiger partial charge in [0.2, 0.25) is 0 Å². The number of aromatic carboxylic acids is 2. The minimum absolute atomic E-state index is 0.188. The Morgan fingerprint density at radius 3 is 1.11 bits per heavy atom. The molecule has 4 aromatic carbocycles. The molecule has 0 amide bonds. The highest BCUT2D eigenvalue weighted by Crippen LogP contribution is 2.58. The third-order valence-corrected chi connectivity index (χ3v) is 9.58. The van der Waals surface area contributed by atoms with Gasteiger partial charge in [0.15, 0.2) is 22.5 Å². The van der Waals surface area contributed by atoms with Crippen LogP contribution in [-0.2, 0) is 13.1 Å². The average Bonchev–Trinajstić information content (AvgIpc) is 3.23. The van der Waals surface area contributed by atoms with Crippen LogP contribution in [-0.4, -0.2) is 52.9 Å². The molecule has 24 heteroatoms. The molecule has 0 aromatic heterocycles. The zero-order valence-electron chi connectivity index (χ0n) is 33.2. The van der Waals surface area contributed by atoms with E-state index in [0.717, 1.165) is 45.0 Å². The van der Waals surface area contributed by atoms with Gasteiger partial charge in [-0.1, -0.05) is 60.7 Å². The van der Waals surface area contributed by atoms with E-state index >= 15 is 8.78 Å². The lowest BCUT2D eigenvalue weighted by molar-refractivity contribution is -0.742. The van der Waals surface area contributed by atoms with Gasteiger partial charge in [-0.15, -0.1) is 20.2 Å². The van der Waals surface area contributed by atoms with Crippen molar-refractivity contribution in [1.29, 1.82) is 0 Å². The summed E-state index contributed by atoms with van der Waals surface area (Å²) in [7, 11) is 0. The second-order valence-corrected chi connectivity index (χ2v) is 13.4. The summed E-state index contributed by atoms with van der Waals surface area (Å²) in [6, 6.07) is 29.2.